The molecule has 0 unspecified atom stereocenters. The van der Waals surface area contributed by atoms with Gasteiger partial charge in [0.05, 0.1) is 36.8 Å². The number of carbonyl (C=O) groups excluding carboxylic acids is 1. The van der Waals surface area contributed by atoms with Gasteiger partial charge in [-0.05, 0) is 31.0 Å². The summed E-state index contributed by atoms with van der Waals surface area (Å²) in [5.41, 5.74) is 1.98. The lowest BCUT2D eigenvalue weighted by Crippen LogP contribution is -2.51. The molecule has 0 spiro atoms. The predicted octanol–water partition coefficient (Wildman–Crippen LogP) is 3.49. The second kappa shape index (κ2) is 8.96. The first kappa shape index (κ1) is 22.6. The Labute approximate surface area is 176 Å². The van der Waals surface area contributed by atoms with Crippen LogP contribution >= 0.6 is 0 Å². The maximum absolute atomic E-state index is 12.7. The number of carbonyl (C=O) groups is 2. The van der Waals surface area contributed by atoms with E-state index in [-0.39, 0.29) is 31.7 Å². The Hall–Kier alpha value is -3.08. The summed E-state index contributed by atoms with van der Waals surface area (Å²) in [6, 6.07) is 4.39. The van der Waals surface area contributed by atoms with Crippen molar-refractivity contribution in [1.82, 2.24) is 9.78 Å². The van der Waals surface area contributed by atoms with E-state index in [2.05, 4.69) is 5.10 Å². The molecule has 0 aliphatic carbocycles. The summed E-state index contributed by atoms with van der Waals surface area (Å²) in [5, 5.41) is 22.8. The number of rotatable bonds is 6. The molecule has 0 saturated heterocycles. The van der Waals surface area contributed by atoms with Crippen LogP contribution in [0, 0.1) is 0 Å². The first-order valence-electron chi connectivity index (χ1n) is 9.77. The molecule has 1 aromatic heterocycles. The smallest absolute Gasteiger partial charge is 0.411 e. The van der Waals surface area contributed by atoms with Gasteiger partial charge in [-0.15, -0.1) is 0 Å². The molecule has 1 atom stereocenters. The van der Waals surface area contributed by atoms with E-state index in [4.69, 9.17) is 5.11 Å². The lowest BCUT2D eigenvalue weighted by Gasteiger charge is -2.40. The third-order valence-corrected chi connectivity index (χ3v) is 5.06. The number of hydrogen-bond acceptors (Lipinski definition) is 4. The van der Waals surface area contributed by atoms with Crippen molar-refractivity contribution >= 4 is 23.4 Å². The fourth-order valence-electron chi connectivity index (χ4n) is 3.66. The van der Waals surface area contributed by atoms with Crippen LogP contribution < -0.4 is 9.80 Å². The average molecular weight is 440 g/mol. The van der Waals surface area contributed by atoms with Crippen molar-refractivity contribution < 1.29 is 33.0 Å². The van der Waals surface area contributed by atoms with Crippen molar-refractivity contribution in [1.29, 1.82) is 0 Å². The molecule has 0 radical (unpaired) electrons. The molecule has 2 aromatic rings. The topological polar surface area (TPSA) is 98.9 Å². The van der Waals surface area contributed by atoms with Gasteiger partial charge in [0.15, 0.2) is 0 Å². The second-order valence-electron chi connectivity index (χ2n) is 7.39. The number of carboxylic acid groups (broad SMARTS) is 1. The van der Waals surface area contributed by atoms with Crippen LogP contribution in [0.4, 0.5) is 29.3 Å². The number of halogens is 3. The van der Waals surface area contributed by atoms with Gasteiger partial charge in [-0.3, -0.25) is 14.4 Å². The normalized spacial score (nSPS) is 16.4. The summed E-state index contributed by atoms with van der Waals surface area (Å²) >= 11 is 0. The highest BCUT2D eigenvalue weighted by atomic mass is 19.4. The van der Waals surface area contributed by atoms with E-state index in [0.29, 0.717) is 23.4 Å². The molecule has 3 rings (SSSR count). The van der Waals surface area contributed by atoms with Gasteiger partial charge in [-0.2, -0.15) is 18.3 Å². The maximum Gasteiger partial charge on any atom is 0.411 e. The number of alkyl halides is 3. The highest BCUT2D eigenvalue weighted by Crippen LogP contribution is 2.39. The molecule has 1 aromatic carbocycles. The van der Waals surface area contributed by atoms with Gasteiger partial charge >= 0.3 is 12.3 Å². The van der Waals surface area contributed by atoms with Crippen LogP contribution in [0.1, 0.15) is 26.2 Å². The summed E-state index contributed by atoms with van der Waals surface area (Å²) in [4.78, 5) is 27.0. The second-order valence-corrected chi connectivity index (χ2v) is 7.39. The number of nitrogens with zero attached hydrogens (tertiary/aromatic N) is 4. The quantitative estimate of drug-likeness (QED) is 0.717. The minimum absolute atomic E-state index is 0.000567. The summed E-state index contributed by atoms with van der Waals surface area (Å²) < 4.78 is 38.9. The number of benzene rings is 1. The van der Waals surface area contributed by atoms with E-state index < -0.39 is 30.6 Å². The number of aromatic nitrogens is 2. The van der Waals surface area contributed by atoms with Crippen LogP contribution in [0.5, 0.6) is 0 Å². The van der Waals surface area contributed by atoms with Gasteiger partial charge in [-0.25, -0.2) is 4.79 Å². The fourth-order valence-corrected chi connectivity index (χ4v) is 3.66. The third kappa shape index (κ3) is 5.16. The molecule has 11 heteroatoms. The molecular weight excluding hydrogens is 417 g/mol. The van der Waals surface area contributed by atoms with E-state index in [1.165, 1.54) is 4.90 Å². The average Bonchev–Trinajstić information content (AvgIpc) is 3.14. The van der Waals surface area contributed by atoms with Crippen LogP contribution in [0.2, 0.25) is 0 Å². The van der Waals surface area contributed by atoms with Crippen LogP contribution in [0.25, 0.3) is 11.1 Å². The molecule has 31 heavy (non-hydrogen) atoms. The van der Waals surface area contributed by atoms with Crippen LogP contribution in [0.3, 0.4) is 0 Å². The molecule has 0 bridgehead atoms. The summed E-state index contributed by atoms with van der Waals surface area (Å²) in [7, 11) is 0. The molecule has 2 heterocycles. The first-order valence-corrected chi connectivity index (χ1v) is 9.77. The Bertz CT molecular complexity index is 960. The van der Waals surface area contributed by atoms with Gasteiger partial charge in [0.1, 0.15) is 0 Å². The molecule has 8 nitrogen and oxygen atoms in total. The van der Waals surface area contributed by atoms with Crippen LogP contribution in [0.15, 0.2) is 30.6 Å². The molecule has 2 N–H and O–H groups in total. The molecule has 1 aliphatic rings. The highest BCUT2D eigenvalue weighted by molar-refractivity contribution is 6.03. The van der Waals surface area contributed by atoms with Gasteiger partial charge < -0.3 is 15.1 Å². The molecule has 0 fully saturated rings. The Morgan fingerprint density at radius 2 is 1.97 bits per heavy atom. The van der Waals surface area contributed by atoms with Crippen molar-refractivity contribution in [3.63, 3.8) is 0 Å². The Kier molecular flexibility index (Phi) is 6.54. The van der Waals surface area contributed by atoms with Gasteiger partial charge in [0.25, 0.3) is 0 Å². The molecular formula is C20H23F3N4O4. The number of aliphatic hydroxyl groups is 1. The van der Waals surface area contributed by atoms with Crippen LogP contribution in [-0.4, -0.2) is 57.4 Å². The number of anilines is 2. The van der Waals surface area contributed by atoms with Gasteiger partial charge in [0.2, 0.25) is 5.91 Å². The van der Waals surface area contributed by atoms with E-state index in [9.17, 15) is 27.9 Å². The monoisotopic (exact) mass is 440 g/mol. The Morgan fingerprint density at radius 3 is 2.61 bits per heavy atom. The summed E-state index contributed by atoms with van der Waals surface area (Å²) in [6.45, 7) is 1.89. The predicted molar refractivity (Wildman–Crippen MR) is 107 cm³/mol. The van der Waals surface area contributed by atoms with Crippen molar-refractivity contribution in [2.24, 2.45) is 0 Å². The van der Waals surface area contributed by atoms with Gasteiger partial charge in [0, 0.05) is 31.1 Å². The zero-order chi connectivity index (χ0) is 22.8. The zero-order valence-corrected chi connectivity index (χ0v) is 16.8. The lowest BCUT2D eigenvalue weighted by atomic mass is 10.0. The SMILES string of the molecule is C[C@H]1CN(C(=O)O)c2cc(-c3cnn(CCO)c3)ccc2N1C(=O)CCCC(F)(F)F. The van der Waals surface area contributed by atoms with Crippen LogP contribution in [-0.2, 0) is 11.3 Å². The summed E-state index contributed by atoms with van der Waals surface area (Å²) in [5.74, 6) is -0.480. The minimum atomic E-state index is -4.33. The lowest BCUT2D eigenvalue weighted by molar-refractivity contribution is -0.137. The largest absolute Gasteiger partial charge is 0.465 e. The standard InChI is InChI=1S/C20H23F3N4O4/c1-13-11-26(19(30)31)17-9-14(15-10-24-25(12-15)7-8-28)4-5-16(17)27(13)18(29)3-2-6-20(21,22)23/h4-5,9-10,12-13,28H,2-3,6-8,11H2,1H3,(H,30,31)/t13-/m0/s1. The summed E-state index contributed by atoms with van der Waals surface area (Å²) in [6.07, 6.45) is -3.90. The highest BCUT2D eigenvalue weighted by Gasteiger charge is 2.35. The molecule has 1 aliphatic heterocycles. The third-order valence-electron chi connectivity index (χ3n) is 5.06. The Morgan fingerprint density at radius 1 is 1.23 bits per heavy atom. The fraction of sp³-hybridized carbons (Fsp3) is 0.450. The molecule has 2 amide bonds. The minimum Gasteiger partial charge on any atom is -0.465 e. The number of amides is 2. The van der Waals surface area contributed by atoms with E-state index >= 15 is 0 Å². The van der Waals surface area contributed by atoms with E-state index in [1.807, 2.05) is 0 Å². The molecule has 0 saturated carbocycles. The molecule has 168 valence electrons. The van der Waals surface area contributed by atoms with Gasteiger partial charge in [-0.1, -0.05) is 6.07 Å². The number of fused-ring (bicyclic) bond motifs is 1. The van der Waals surface area contributed by atoms with Crippen molar-refractivity contribution in [3.05, 3.63) is 30.6 Å². The van der Waals surface area contributed by atoms with E-state index in [0.717, 1.165) is 4.90 Å². The Balaban J connectivity index is 1.92. The number of hydrogen-bond donors (Lipinski definition) is 2. The van der Waals surface area contributed by atoms with Crippen molar-refractivity contribution in [2.45, 2.75) is 44.9 Å². The first-order chi connectivity index (χ1) is 14.6. The zero-order valence-electron chi connectivity index (χ0n) is 16.8. The maximum atomic E-state index is 12.7. The van der Waals surface area contributed by atoms with Crippen molar-refractivity contribution in [2.75, 3.05) is 23.0 Å². The van der Waals surface area contributed by atoms with Crippen molar-refractivity contribution in [3.8, 4) is 11.1 Å². The number of aliphatic hydroxyl groups excluding tert-OH is 1. The van der Waals surface area contributed by atoms with E-state index in [1.54, 1.807) is 42.2 Å².